The topological polar surface area (TPSA) is 57.6 Å². The number of unbranched alkanes of at least 4 members (excludes halogenated alkanes) is 1. The Morgan fingerprint density at radius 2 is 1.87 bits per heavy atom. The summed E-state index contributed by atoms with van der Waals surface area (Å²) in [4.78, 5) is 14.7. The van der Waals surface area contributed by atoms with Crippen LogP contribution in [0.15, 0.2) is 53.4 Å². The van der Waals surface area contributed by atoms with E-state index in [-0.39, 0.29) is 11.7 Å². The van der Waals surface area contributed by atoms with Gasteiger partial charge in [-0.15, -0.1) is 0 Å². The second-order valence-electron chi connectivity index (χ2n) is 8.67. The number of fused-ring (bicyclic) bond motifs is 1. The smallest absolute Gasteiger partial charge is 0.190 e. The molecule has 1 aliphatic heterocycles. The van der Waals surface area contributed by atoms with Crippen molar-refractivity contribution < 1.29 is 14.1 Å². The Morgan fingerprint density at radius 3 is 2.43 bits per heavy atom. The molecule has 0 radical (unpaired) electrons. The van der Waals surface area contributed by atoms with Crippen molar-refractivity contribution in [3.05, 3.63) is 59.7 Å². The molecule has 3 rings (SSSR count). The largest absolute Gasteiger partial charge is 0.392 e. The number of hydrogen-bond acceptors (Lipinski definition) is 4. The minimum Gasteiger partial charge on any atom is -0.392 e. The third kappa shape index (κ3) is 3.94. The molecule has 1 unspecified atom stereocenters. The molecule has 0 aromatic heterocycles. The van der Waals surface area contributed by atoms with Crippen LogP contribution in [0, 0.1) is 5.41 Å². The van der Waals surface area contributed by atoms with E-state index in [1.54, 1.807) is 0 Å². The van der Waals surface area contributed by atoms with Gasteiger partial charge in [-0.1, -0.05) is 57.0 Å². The Hall–Kier alpha value is -2.07. The van der Waals surface area contributed by atoms with Crippen molar-refractivity contribution in [2.24, 2.45) is 5.41 Å². The summed E-state index contributed by atoms with van der Waals surface area (Å²) in [7, 11) is 0.829. The lowest BCUT2D eigenvalue weighted by atomic mass is 9.69. The Bertz CT molecular complexity index is 1020. The molecule has 1 aliphatic rings. The maximum atomic E-state index is 14.0. The Labute approximate surface area is 180 Å². The lowest BCUT2D eigenvalue weighted by Gasteiger charge is -2.40. The maximum Gasteiger partial charge on any atom is 0.190 e. The fourth-order valence-electron chi connectivity index (χ4n) is 4.78. The van der Waals surface area contributed by atoms with Crippen LogP contribution in [0.3, 0.4) is 0 Å². The van der Waals surface area contributed by atoms with Crippen LogP contribution in [0.5, 0.6) is 0 Å². The molecule has 1 heterocycles. The Kier molecular flexibility index (Phi) is 6.76. The lowest BCUT2D eigenvalue weighted by Crippen LogP contribution is -2.42. The molecule has 0 spiro atoms. The highest BCUT2D eigenvalue weighted by atomic mass is 32.2. The maximum absolute atomic E-state index is 14.0. The number of carbonyl (C=O) groups excluding carboxylic acids is 1. The molecule has 0 saturated carbocycles. The van der Waals surface area contributed by atoms with E-state index in [0.717, 1.165) is 36.1 Å². The molecule has 162 valence electrons. The molecule has 2 aromatic rings. The zero-order valence-corrected chi connectivity index (χ0v) is 19.2. The summed E-state index contributed by atoms with van der Waals surface area (Å²) in [5.41, 5.74) is 2.10. The number of aliphatic hydroxyl groups excluding tert-OH is 1. The summed E-state index contributed by atoms with van der Waals surface area (Å²) in [6.45, 7) is 4.15. The number of nitrogens with zero attached hydrogens (tertiary/aromatic N) is 1. The minimum absolute atomic E-state index is 0.152. The number of aliphatic hydroxyl groups is 1. The van der Waals surface area contributed by atoms with Crippen LogP contribution in [0.1, 0.15) is 56.6 Å². The normalized spacial score (nSPS) is 28.3. The fraction of sp³-hybridized carbons (Fsp3) is 0.480. The average Bonchev–Trinajstić information content (AvgIpc) is 2.84. The van der Waals surface area contributed by atoms with Crippen LogP contribution in [-0.2, 0) is 14.3 Å². The van der Waals surface area contributed by atoms with Gasteiger partial charge in [0.1, 0.15) is 0 Å². The molecular weight excluding hydrogens is 394 g/mol. The summed E-state index contributed by atoms with van der Waals surface area (Å²) in [6, 6.07) is 15.6. The minimum atomic E-state index is -3.07. The molecule has 0 bridgehead atoms. The van der Waals surface area contributed by atoms with Crippen LogP contribution in [-0.4, -0.2) is 40.5 Å². The standard InChI is InChI=1S/C25H33NO3S/c1-5-7-15-25(6-2)17-30(29,18-27)22-14-13-20(26(3)4)16-21(22)23(24(25)28)19-11-9-8-10-12-19/h8-14,16,23-24,28H,5-7,15,17H2,1-4H3/t23-,24-,25-,30?/m1/s1. The van der Waals surface area contributed by atoms with Crippen LogP contribution in [0.2, 0.25) is 0 Å². The van der Waals surface area contributed by atoms with Gasteiger partial charge >= 0.3 is 0 Å². The molecule has 0 aliphatic carbocycles. The average molecular weight is 428 g/mol. The first kappa shape index (κ1) is 22.6. The van der Waals surface area contributed by atoms with Crippen LogP contribution >= 0.6 is 0 Å². The van der Waals surface area contributed by atoms with Crippen molar-refractivity contribution in [3.63, 3.8) is 0 Å². The van der Waals surface area contributed by atoms with E-state index >= 15 is 0 Å². The lowest BCUT2D eigenvalue weighted by molar-refractivity contribution is 0.0177. The summed E-state index contributed by atoms with van der Waals surface area (Å²) >= 11 is 0. The van der Waals surface area contributed by atoms with Crippen molar-refractivity contribution in [3.8, 4) is 0 Å². The van der Waals surface area contributed by atoms with E-state index in [9.17, 15) is 14.1 Å². The third-order valence-corrected chi connectivity index (χ3v) is 8.99. The number of rotatable bonds is 6. The third-order valence-electron chi connectivity index (χ3n) is 6.66. The van der Waals surface area contributed by atoms with Gasteiger partial charge in [0, 0.05) is 41.8 Å². The Balaban J connectivity index is 2.37. The quantitative estimate of drug-likeness (QED) is 0.687. The highest BCUT2D eigenvalue weighted by Gasteiger charge is 2.48. The molecule has 5 heteroatoms. The molecular formula is C25H33NO3S. The molecule has 1 N–H and O–H groups in total. The number of anilines is 1. The predicted octanol–water partition coefficient (Wildman–Crippen LogP) is 4.56. The van der Waals surface area contributed by atoms with Crippen molar-refractivity contribution in [1.29, 1.82) is 0 Å². The first-order valence-electron chi connectivity index (χ1n) is 10.8. The zero-order valence-electron chi connectivity index (χ0n) is 18.4. The van der Waals surface area contributed by atoms with Gasteiger partial charge in [0.25, 0.3) is 0 Å². The van der Waals surface area contributed by atoms with E-state index < -0.39 is 21.0 Å². The highest BCUT2D eigenvalue weighted by Crippen LogP contribution is 2.49. The highest BCUT2D eigenvalue weighted by molar-refractivity contribution is 8.00. The first-order valence-corrected chi connectivity index (χ1v) is 12.5. The Morgan fingerprint density at radius 1 is 1.17 bits per heavy atom. The molecule has 4 atom stereocenters. The second kappa shape index (κ2) is 8.97. The van der Waals surface area contributed by atoms with Gasteiger partial charge in [0.05, 0.1) is 15.6 Å². The van der Waals surface area contributed by atoms with E-state index in [0.29, 0.717) is 11.3 Å². The van der Waals surface area contributed by atoms with Gasteiger partial charge in [-0.3, -0.25) is 4.21 Å². The van der Waals surface area contributed by atoms with Crippen LogP contribution in [0.25, 0.3) is 0 Å². The molecule has 0 saturated heterocycles. The van der Waals surface area contributed by atoms with Gasteiger partial charge in [-0.2, -0.15) is 0 Å². The van der Waals surface area contributed by atoms with Gasteiger partial charge in [0.2, 0.25) is 0 Å². The fourth-order valence-corrected chi connectivity index (χ4v) is 7.27. The van der Waals surface area contributed by atoms with E-state index in [4.69, 9.17) is 0 Å². The summed E-state index contributed by atoms with van der Waals surface area (Å²) in [6.07, 6.45) is 2.54. The van der Waals surface area contributed by atoms with Crippen molar-refractivity contribution in [2.75, 3.05) is 24.7 Å². The predicted molar refractivity (Wildman–Crippen MR) is 124 cm³/mol. The van der Waals surface area contributed by atoms with Crippen molar-refractivity contribution >= 4 is 20.4 Å². The second-order valence-corrected chi connectivity index (χ2v) is 10.9. The van der Waals surface area contributed by atoms with Crippen molar-refractivity contribution in [2.45, 2.75) is 56.4 Å². The van der Waals surface area contributed by atoms with E-state index in [2.05, 4.69) is 6.92 Å². The van der Waals surface area contributed by atoms with Crippen molar-refractivity contribution in [1.82, 2.24) is 0 Å². The SMILES string of the molecule is CCCC[C@]1(CC)CS(=O)(=C=O)c2ccc(N(C)C)cc2[C@@H](c2ccccc2)[C@H]1O. The monoisotopic (exact) mass is 427 g/mol. The van der Waals surface area contributed by atoms with Gasteiger partial charge in [-0.05, 0) is 42.2 Å². The first-order chi connectivity index (χ1) is 14.3. The van der Waals surface area contributed by atoms with Gasteiger partial charge < -0.3 is 10.0 Å². The summed E-state index contributed by atoms with van der Waals surface area (Å²) in [5, 5.41) is 13.8. The molecule has 0 fully saturated rings. The summed E-state index contributed by atoms with van der Waals surface area (Å²) in [5.74, 6) is -0.201. The van der Waals surface area contributed by atoms with Crippen LogP contribution in [0.4, 0.5) is 5.69 Å². The van der Waals surface area contributed by atoms with Crippen LogP contribution < -0.4 is 4.90 Å². The zero-order chi connectivity index (χ0) is 21.9. The molecule has 4 nitrogen and oxygen atoms in total. The van der Waals surface area contributed by atoms with Gasteiger partial charge in [0.15, 0.2) is 5.23 Å². The van der Waals surface area contributed by atoms with E-state index in [1.807, 2.05) is 79.7 Å². The molecule has 0 amide bonds. The summed E-state index contributed by atoms with van der Waals surface area (Å²) < 4.78 is 14.0. The van der Waals surface area contributed by atoms with E-state index in [1.165, 1.54) is 0 Å². The number of hydrogen-bond donors (Lipinski definition) is 1. The molecule has 30 heavy (non-hydrogen) atoms. The number of benzene rings is 2. The van der Waals surface area contributed by atoms with Gasteiger partial charge in [-0.25, -0.2) is 4.79 Å². The molecule has 2 aromatic carbocycles.